The van der Waals surface area contributed by atoms with Crippen molar-refractivity contribution in [2.45, 2.75) is 26.3 Å². The van der Waals surface area contributed by atoms with Crippen LogP contribution in [0.15, 0.2) is 24.3 Å². The van der Waals surface area contributed by atoms with Gasteiger partial charge in [0.15, 0.2) is 0 Å². The second-order valence-electron chi connectivity index (χ2n) is 7.74. The molecule has 2 heterocycles. The number of nitrogens with two attached hydrogens (primary N) is 1. The van der Waals surface area contributed by atoms with Crippen LogP contribution in [0.4, 0.5) is 0 Å². The van der Waals surface area contributed by atoms with Gasteiger partial charge in [0.2, 0.25) is 15.9 Å². The van der Waals surface area contributed by atoms with Gasteiger partial charge >= 0.3 is 0 Å². The molecule has 9 heteroatoms. The quantitative estimate of drug-likeness (QED) is 0.719. The molecule has 1 aromatic carbocycles. The lowest BCUT2D eigenvalue weighted by molar-refractivity contribution is -0.123. The summed E-state index contributed by atoms with van der Waals surface area (Å²) in [6.07, 6.45) is 1.25. The second kappa shape index (κ2) is 9.23. The van der Waals surface area contributed by atoms with Crippen LogP contribution in [0.5, 0.6) is 0 Å². The summed E-state index contributed by atoms with van der Waals surface area (Å²) in [4.78, 5) is 27.9. The summed E-state index contributed by atoms with van der Waals surface area (Å²) in [5, 5.41) is 0. The summed E-state index contributed by atoms with van der Waals surface area (Å²) in [5.41, 5.74) is 7.09. The van der Waals surface area contributed by atoms with Gasteiger partial charge in [-0.15, -0.1) is 0 Å². The average Bonchev–Trinajstić information content (AvgIpc) is 2.74. The first-order valence-corrected chi connectivity index (χ1v) is 11.8. The maximum atomic E-state index is 12.7. The highest BCUT2D eigenvalue weighted by molar-refractivity contribution is 7.89. The number of piperazine rings is 1. The molecule has 2 amide bonds. The first-order chi connectivity index (χ1) is 13.8. The van der Waals surface area contributed by atoms with Gasteiger partial charge in [-0.25, -0.2) is 8.42 Å². The average molecular weight is 423 g/mol. The molecule has 0 spiro atoms. The molecule has 0 aliphatic carbocycles. The van der Waals surface area contributed by atoms with Gasteiger partial charge < -0.3 is 10.6 Å². The number of nitrogens with zero attached hydrogens (tertiary/aromatic N) is 3. The molecule has 1 aromatic rings. The summed E-state index contributed by atoms with van der Waals surface area (Å²) < 4.78 is 25.5. The number of carbonyl (C=O) groups is 2. The van der Waals surface area contributed by atoms with E-state index >= 15 is 0 Å². The van der Waals surface area contributed by atoms with Gasteiger partial charge in [-0.2, -0.15) is 4.31 Å². The molecule has 0 saturated carbocycles. The van der Waals surface area contributed by atoms with Crippen molar-refractivity contribution in [3.8, 4) is 0 Å². The zero-order chi connectivity index (χ0) is 21.0. The normalized spacial score (nSPS) is 20.0. The molecule has 2 aliphatic heterocycles. The number of hydrogen-bond acceptors (Lipinski definition) is 5. The largest absolute Gasteiger partial charge is 0.369 e. The third-order valence-corrected chi connectivity index (χ3v) is 7.76. The third kappa shape index (κ3) is 5.34. The number of likely N-dealkylation sites (tertiary alicyclic amines) is 1. The van der Waals surface area contributed by atoms with Gasteiger partial charge in [0.25, 0.3) is 5.91 Å². The molecule has 0 unspecified atom stereocenters. The molecule has 8 nitrogen and oxygen atoms in total. The Morgan fingerprint density at radius 3 is 2.10 bits per heavy atom. The molecule has 0 atom stereocenters. The Labute approximate surface area is 172 Å². The first kappa shape index (κ1) is 21.7. The molecule has 0 radical (unpaired) electrons. The van der Waals surface area contributed by atoms with E-state index in [1.54, 1.807) is 16.1 Å². The van der Waals surface area contributed by atoms with E-state index in [-0.39, 0.29) is 23.5 Å². The maximum Gasteiger partial charge on any atom is 0.253 e. The van der Waals surface area contributed by atoms with Crippen LogP contribution < -0.4 is 5.73 Å². The van der Waals surface area contributed by atoms with E-state index in [2.05, 4.69) is 4.90 Å². The van der Waals surface area contributed by atoms with Gasteiger partial charge in [-0.05, 0) is 37.5 Å². The molecule has 2 N–H and O–H groups in total. The van der Waals surface area contributed by atoms with Gasteiger partial charge in [-0.3, -0.25) is 14.5 Å². The van der Waals surface area contributed by atoms with Crippen LogP contribution in [0, 0.1) is 5.92 Å². The van der Waals surface area contributed by atoms with Crippen LogP contribution in [0.2, 0.25) is 0 Å². The first-order valence-electron chi connectivity index (χ1n) is 10.2. The van der Waals surface area contributed by atoms with Gasteiger partial charge in [0.1, 0.15) is 0 Å². The number of hydrogen-bond donors (Lipinski definition) is 1. The van der Waals surface area contributed by atoms with E-state index in [0.29, 0.717) is 57.7 Å². The Morgan fingerprint density at radius 1 is 1.00 bits per heavy atom. The Balaban J connectivity index is 1.51. The van der Waals surface area contributed by atoms with E-state index in [1.165, 1.54) is 0 Å². The molecule has 0 aromatic heterocycles. The highest BCUT2D eigenvalue weighted by atomic mass is 32.2. The molecular weight excluding hydrogens is 392 g/mol. The predicted octanol–water partition coefficient (Wildman–Crippen LogP) is 0.491. The smallest absolute Gasteiger partial charge is 0.253 e. The zero-order valence-electron chi connectivity index (χ0n) is 16.9. The van der Waals surface area contributed by atoms with Crippen molar-refractivity contribution >= 4 is 21.8 Å². The molecular formula is C20H30N4O4S. The van der Waals surface area contributed by atoms with E-state index in [4.69, 9.17) is 5.73 Å². The van der Waals surface area contributed by atoms with Crippen LogP contribution in [0.25, 0.3) is 0 Å². The van der Waals surface area contributed by atoms with Crippen LogP contribution in [0.3, 0.4) is 0 Å². The number of rotatable bonds is 6. The highest BCUT2D eigenvalue weighted by Crippen LogP contribution is 2.19. The fraction of sp³-hybridized carbons (Fsp3) is 0.600. The summed E-state index contributed by atoms with van der Waals surface area (Å²) in [5.74, 6) is -0.287. The topological polar surface area (TPSA) is 104 Å². The monoisotopic (exact) mass is 422 g/mol. The summed E-state index contributed by atoms with van der Waals surface area (Å²) in [6, 6.07) is 7.60. The van der Waals surface area contributed by atoms with Crippen molar-refractivity contribution in [2.75, 3.05) is 45.0 Å². The molecule has 2 aliphatic rings. The molecule has 29 heavy (non-hydrogen) atoms. The minimum atomic E-state index is -3.11. The number of primary amides is 1. The molecule has 2 saturated heterocycles. The fourth-order valence-electron chi connectivity index (χ4n) is 3.91. The number of carbonyl (C=O) groups excluding carboxylic acids is 2. The Bertz CT molecular complexity index is 825. The van der Waals surface area contributed by atoms with Crippen molar-refractivity contribution in [1.82, 2.24) is 14.1 Å². The number of piperidine rings is 1. The van der Waals surface area contributed by atoms with Crippen molar-refractivity contribution in [3.63, 3.8) is 0 Å². The lowest BCUT2D eigenvalue weighted by Gasteiger charge is -2.33. The highest BCUT2D eigenvalue weighted by Gasteiger charge is 2.27. The minimum Gasteiger partial charge on any atom is -0.369 e. The van der Waals surface area contributed by atoms with E-state index < -0.39 is 10.0 Å². The maximum absolute atomic E-state index is 12.7. The van der Waals surface area contributed by atoms with E-state index in [1.807, 2.05) is 24.3 Å². The van der Waals surface area contributed by atoms with Gasteiger partial charge in [-0.1, -0.05) is 12.1 Å². The Hall–Kier alpha value is -1.97. The van der Waals surface area contributed by atoms with Crippen LogP contribution >= 0.6 is 0 Å². The van der Waals surface area contributed by atoms with Crippen molar-refractivity contribution in [2.24, 2.45) is 11.7 Å². The van der Waals surface area contributed by atoms with E-state index in [9.17, 15) is 18.0 Å². The zero-order valence-corrected chi connectivity index (χ0v) is 17.7. The van der Waals surface area contributed by atoms with Crippen molar-refractivity contribution < 1.29 is 18.0 Å². The molecule has 0 bridgehead atoms. The third-order valence-electron chi connectivity index (χ3n) is 5.88. The number of benzene rings is 1. The van der Waals surface area contributed by atoms with Crippen molar-refractivity contribution in [1.29, 1.82) is 0 Å². The van der Waals surface area contributed by atoms with Gasteiger partial charge in [0.05, 0.1) is 5.75 Å². The summed E-state index contributed by atoms with van der Waals surface area (Å²) in [7, 11) is -3.11. The second-order valence-corrected chi connectivity index (χ2v) is 10.00. The Morgan fingerprint density at radius 2 is 1.59 bits per heavy atom. The predicted molar refractivity (Wildman–Crippen MR) is 111 cm³/mol. The summed E-state index contributed by atoms with van der Waals surface area (Å²) in [6.45, 7) is 5.96. The number of amides is 2. The molecule has 3 rings (SSSR count). The number of sulfonamides is 1. The minimum absolute atomic E-state index is 0.0159. The van der Waals surface area contributed by atoms with Gasteiger partial charge in [0, 0.05) is 57.3 Å². The van der Waals surface area contributed by atoms with Crippen LogP contribution in [0.1, 0.15) is 35.7 Å². The van der Waals surface area contributed by atoms with Crippen LogP contribution in [-0.4, -0.2) is 79.4 Å². The molecule has 2 fully saturated rings. The van der Waals surface area contributed by atoms with Crippen LogP contribution in [-0.2, 0) is 21.4 Å². The fourth-order valence-corrected chi connectivity index (χ4v) is 4.99. The van der Waals surface area contributed by atoms with Crippen molar-refractivity contribution in [3.05, 3.63) is 35.4 Å². The lowest BCUT2D eigenvalue weighted by Crippen LogP contribution is -2.48. The lowest BCUT2D eigenvalue weighted by atomic mass is 9.96. The van der Waals surface area contributed by atoms with E-state index in [0.717, 1.165) is 12.1 Å². The Kier molecular flexibility index (Phi) is 6.92. The molecule has 160 valence electrons. The summed E-state index contributed by atoms with van der Waals surface area (Å²) >= 11 is 0. The SMILES string of the molecule is CCS(=O)(=O)N1CCN(Cc2ccc(C(=O)N3CCC(C(N)=O)CC3)cc2)CC1. The standard InChI is InChI=1S/C20H30N4O4S/c1-2-29(27,28)24-13-11-22(12-14-24)15-16-3-5-18(6-4-16)20(26)23-9-7-17(8-10-23)19(21)25/h3-6,17H,2,7-15H2,1H3,(H2,21,25).